The van der Waals surface area contributed by atoms with Crippen molar-refractivity contribution in [3.05, 3.63) is 35.9 Å². The molecule has 1 aromatic carbocycles. The van der Waals surface area contributed by atoms with Crippen molar-refractivity contribution in [2.75, 3.05) is 0 Å². The van der Waals surface area contributed by atoms with E-state index in [9.17, 15) is 4.79 Å². The number of rotatable bonds is 1. The van der Waals surface area contributed by atoms with E-state index in [1.807, 2.05) is 18.2 Å². The van der Waals surface area contributed by atoms with E-state index in [-0.39, 0.29) is 5.91 Å². The van der Waals surface area contributed by atoms with E-state index < -0.39 is 10.4 Å². The molecule has 1 aliphatic carbocycles. The predicted octanol–water partition coefficient (Wildman–Crippen LogP) is 2.07. The van der Waals surface area contributed by atoms with Crippen LogP contribution >= 0.6 is 11.8 Å². The van der Waals surface area contributed by atoms with Crippen LogP contribution in [0.3, 0.4) is 0 Å². The van der Waals surface area contributed by atoms with Gasteiger partial charge in [0.1, 0.15) is 9.79 Å². The Morgan fingerprint density at radius 3 is 2.95 bits per heavy atom. The average molecular weight is 287 g/mol. The molecule has 3 aliphatic rings. The van der Waals surface area contributed by atoms with Gasteiger partial charge in [-0.3, -0.25) is 15.2 Å². The van der Waals surface area contributed by atoms with Gasteiger partial charge < -0.3 is 0 Å². The van der Waals surface area contributed by atoms with Gasteiger partial charge in [-0.1, -0.05) is 49.0 Å². The van der Waals surface area contributed by atoms with Crippen LogP contribution in [0.1, 0.15) is 31.7 Å². The summed E-state index contributed by atoms with van der Waals surface area (Å²) in [6, 6.07) is 10.2. The Morgan fingerprint density at radius 1 is 1.35 bits per heavy atom. The Kier molecular flexibility index (Phi) is 2.54. The molecule has 2 N–H and O–H groups in total. The van der Waals surface area contributed by atoms with Gasteiger partial charge in [-0.15, -0.1) is 0 Å². The Hall–Kier alpha value is -1.33. The highest BCUT2D eigenvalue weighted by molar-refractivity contribution is 8.16. The second kappa shape index (κ2) is 4.09. The molecule has 1 amide bonds. The third-order valence-corrected chi connectivity index (χ3v) is 6.20. The third kappa shape index (κ3) is 1.48. The van der Waals surface area contributed by atoms with Gasteiger partial charge >= 0.3 is 0 Å². The lowest BCUT2D eigenvalue weighted by atomic mass is 9.74. The molecule has 2 fully saturated rings. The summed E-state index contributed by atoms with van der Waals surface area (Å²) >= 11 is 1.64. The predicted molar refractivity (Wildman–Crippen MR) is 80.3 cm³/mol. The van der Waals surface area contributed by atoms with Gasteiger partial charge in [-0.05, 0) is 25.2 Å². The number of carbonyl (C=O) groups excluding carboxylic acids is 1. The summed E-state index contributed by atoms with van der Waals surface area (Å²) in [5.41, 5.74) is 6.66. The molecule has 1 aromatic rings. The molecule has 4 rings (SSSR count). The standard InChI is InChI=1S/C15H17N3OS/c1-10-7-8-15-14(9-10,13(19)17-18-15)20-12(16-15)11-5-3-2-4-6-11/h2-6,10,18H,7-9H2,1H3,(H,17,19). The number of carbonyl (C=O) groups is 1. The fourth-order valence-electron chi connectivity index (χ4n) is 3.54. The van der Waals surface area contributed by atoms with Gasteiger partial charge in [0, 0.05) is 5.56 Å². The van der Waals surface area contributed by atoms with E-state index in [0.717, 1.165) is 29.9 Å². The summed E-state index contributed by atoms with van der Waals surface area (Å²) in [5, 5.41) is 0.988. The maximum absolute atomic E-state index is 12.5. The zero-order valence-corrected chi connectivity index (χ0v) is 12.2. The van der Waals surface area contributed by atoms with Crippen molar-refractivity contribution in [1.82, 2.24) is 10.9 Å². The number of benzene rings is 1. The molecule has 1 saturated heterocycles. The summed E-state index contributed by atoms with van der Waals surface area (Å²) in [6.45, 7) is 2.23. The molecule has 104 valence electrons. The summed E-state index contributed by atoms with van der Waals surface area (Å²) in [5.74, 6) is 0.648. The first-order valence-electron chi connectivity index (χ1n) is 7.07. The quantitative estimate of drug-likeness (QED) is 0.831. The summed E-state index contributed by atoms with van der Waals surface area (Å²) in [6.07, 6.45) is 2.91. The minimum Gasteiger partial charge on any atom is -0.288 e. The molecule has 3 atom stereocenters. The fourth-order valence-corrected chi connectivity index (χ4v) is 5.20. The van der Waals surface area contributed by atoms with Crippen LogP contribution < -0.4 is 10.9 Å². The highest BCUT2D eigenvalue weighted by Gasteiger charge is 2.67. The first-order chi connectivity index (χ1) is 9.65. The van der Waals surface area contributed by atoms with Crippen LogP contribution in [-0.4, -0.2) is 21.4 Å². The zero-order chi connectivity index (χ0) is 13.8. The Labute approximate surface area is 122 Å². The number of nitrogens with one attached hydrogen (secondary N) is 2. The van der Waals surface area contributed by atoms with Crippen LogP contribution in [0, 0.1) is 5.92 Å². The molecule has 20 heavy (non-hydrogen) atoms. The normalized spacial score (nSPS) is 39.0. The number of amides is 1. The molecule has 3 unspecified atom stereocenters. The molecule has 0 aromatic heterocycles. The highest BCUT2D eigenvalue weighted by Crippen LogP contribution is 2.56. The molecule has 2 aliphatic heterocycles. The van der Waals surface area contributed by atoms with E-state index in [1.54, 1.807) is 11.8 Å². The molecular weight excluding hydrogens is 270 g/mol. The van der Waals surface area contributed by atoms with Crippen molar-refractivity contribution in [1.29, 1.82) is 0 Å². The Balaban J connectivity index is 1.80. The maximum atomic E-state index is 12.5. The molecule has 0 spiro atoms. The summed E-state index contributed by atoms with van der Waals surface area (Å²) < 4.78 is -0.462. The van der Waals surface area contributed by atoms with Crippen LogP contribution in [-0.2, 0) is 4.79 Å². The summed E-state index contributed by atoms with van der Waals surface area (Å²) in [7, 11) is 0. The van der Waals surface area contributed by atoms with Crippen molar-refractivity contribution in [2.45, 2.75) is 36.6 Å². The maximum Gasteiger partial charge on any atom is 0.254 e. The van der Waals surface area contributed by atoms with Crippen LogP contribution in [0.5, 0.6) is 0 Å². The second-order valence-corrected chi connectivity index (χ2v) is 7.29. The van der Waals surface area contributed by atoms with Gasteiger partial charge in [0.2, 0.25) is 0 Å². The topological polar surface area (TPSA) is 53.5 Å². The van der Waals surface area contributed by atoms with Gasteiger partial charge in [-0.2, -0.15) is 0 Å². The molecule has 1 saturated carbocycles. The first kappa shape index (κ1) is 12.4. The van der Waals surface area contributed by atoms with Crippen LogP contribution in [0.15, 0.2) is 35.3 Å². The van der Waals surface area contributed by atoms with Crippen molar-refractivity contribution < 1.29 is 4.79 Å². The monoisotopic (exact) mass is 287 g/mol. The lowest BCUT2D eigenvalue weighted by Crippen LogP contribution is -2.56. The number of hydrogen-bond donors (Lipinski definition) is 2. The van der Waals surface area contributed by atoms with E-state index in [1.165, 1.54) is 0 Å². The van der Waals surface area contributed by atoms with Crippen molar-refractivity contribution >= 4 is 22.7 Å². The van der Waals surface area contributed by atoms with E-state index in [4.69, 9.17) is 4.99 Å². The molecule has 5 heteroatoms. The number of hydrogen-bond acceptors (Lipinski definition) is 4. The SMILES string of the molecule is CC1CCC23N=C(c4ccccc4)SC2(C1)C(=O)NN3. The first-order valence-corrected chi connectivity index (χ1v) is 7.89. The van der Waals surface area contributed by atoms with Gasteiger partial charge in [0.05, 0.1) is 0 Å². The number of aliphatic imine (C=N–C) groups is 1. The van der Waals surface area contributed by atoms with Crippen molar-refractivity contribution in [3.8, 4) is 0 Å². The largest absolute Gasteiger partial charge is 0.288 e. The van der Waals surface area contributed by atoms with E-state index in [2.05, 4.69) is 29.9 Å². The smallest absolute Gasteiger partial charge is 0.254 e. The third-order valence-electron chi connectivity index (χ3n) is 4.64. The van der Waals surface area contributed by atoms with Crippen molar-refractivity contribution in [2.24, 2.45) is 10.9 Å². The Bertz CT molecular complexity index is 602. The molecule has 2 heterocycles. The van der Waals surface area contributed by atoms with Gasteiger partial charge in [0.15, 0.2) is 5.66 Å². The average Bonchev–Trinajstić information content (AvgIpc) is 2.94. The van der Waals surface area contributed by atoms with Crippen molar-refractivity contribution in [3.63, 3.8) is 0 Å². The lowest BCUT2D eigenvalue weighted by molar-refractivity contribution is -0.122. The number of hydrazine groups is 1. The molecule has 0 bridgehead atoms. The van der Waals surface area contributed by atoms with Gasteiger partial charge in [-0.25, -0.2) is 5.43 Å². The minimum atomic E-state index is -0.462. The zero-order valence-electron chi connectivity index (χ0n) is 11.3. The van der Waals surface area contributed by atoms with E-state index in [0.29, 0.717) is 5.92 Å². The fraction of sp³-hybridized carbons (Fsp3) is 0.467. The Morgan fingerprint density at radius 2 is 2.15 bits per heavy atom. The van der Waals surface area contributed by atoms with E-state index >= 15 is 0 Å². The van der Waals surface area contributed by atoms with Crippen LogP contribution in [0.2, 0.25) is 0 Å². The molecular formula is C15H17N3OS. The van der Waals surface area contributed by atoms with Gasteiger partial charge in [0.25, 0.3) is 5.91 Å². The summed E-state index contributed by atoms with van der Waals surface area (Å²) in [4.78, 5) is 17.4. The molecule has 0 radical (unpaired) electrons. The number of thioether (sulfide) groups is 1. The van der Waals surface area contributed by atoms with Crippen LogP contribution in [0.25, 0.3) is 0 Å². The van der Waals surface area contributed by atoms with Crippen LogP contribution in [0.4, 0.5) is 0 Å². The second-order valence-electron chi connectivity index (χ2n) is 6.00. The number of nitrogens with zero attached hydrogens (tertiary/aromatic N) is 1. The lowest BCUT2D eigenvalue weighted by Gasteiger charge is -2.40. The highest BCUT2D eigenvalue weighted by atomic mass is 32.2. The molecule has 4 nitrogen and oxygen atoms in total. The minimum absolute atomic E-state index is 0.0868.